The second-order valence-electron chi connectivity index (χ2n) is 3.46. The SMILES string of the molecule is Nc1cnn(CC(=O)OCCn2cccn2)c1. The van der Waals surface area contributed by atoms with E-state index >= 15 is 0 Å². The number of hydrogen-bond donors (Lipinski definition) is 1. The van der Waals surface area contributed by atoms with E-state index in [-0.39, 0.29) is 19.1 Å². The van der Waals surface area contributed by atoms with Gasteiger partial charge in [0.2, 0.25) is 0 Å². The maximum absolute atomic E-state index is 11.4. The number of esters is 1. The molecule has 0 saturated carbocycles. The topological polar surface area (TPSA) is 88.0 Å². The fraction of sp³-hybridized carbons (Fsp3) is 0.300. The van der Waals surface area contributed by atoms with Crippen molar-refractivity contribution < 1.29 is 9.53 Å². The first-order valence-electron chi connectivity index (χ1n) is 5.15. The van der Waals surface area contributed by atoms with Crippen molar-refractivity contribution >= 4 is 11.7 Å². The van der Waals surface area contributed by atoms with Crippen LogP contribution in [0.2, 0.25) is 0 Å². The first kappa shape index (κ1) is 11.2. The van der Waals surface area contributed by atoms with Gasteiger partial charge in [0.15, 0.2) is 0 Å². The molecule has 0 unspecified atom stereocenters. The number of nitrogen functional groups attached to an aromatic ring is 1. The van der Waals surface area contributed by atoms with Gasteiger partial charge in [0.05, 0.1) is 18.4 Å². The molecule has 90 valence electrons. The highest BCUT2D eigenvalue weighted by molar-refractivity contribution is 5.69. The lowest BCUT2D eigenvalue weighted by molar-refractivity contribution is -0.144. The van der Waals surface area contributed by atoms with Gasteiger partial charge in [-0.05, 0) is 6.07 Å². The van der Waals surface area contributed by atoms with Crippen LogP contribution in [-0.2, 0) is 22.6 Å². The maximum Gasteiger partial charge on any atom is 0.327 e. The minimum Gasteiger partial charge on any atom is -0.462 e. The fourth-order valence-electron chi connectivity index (χ4n) is 1.33. The monoisotopic (exact) mass is 235 g/mol. The summed E-state index contributed by atoms with van der Waals surface area (Å²) in [5.41, 5.74) is 5.99. The van der Waals surface area contributed by atoms with Crippen LogP contribution in [-0.4, -0.2) is 32.1 Å². The predicted octanol–water partition coefficient (Wildman–Crippen LogP) is -0.0948. The van der Waals surface area contributed by atoms with Crippen LogP contribution in [0.15, 0.2) is 30.9 Å². The van der Waals surface area contributed by atoms with Crippen molar-refractivity contribution in [2.45, 2.75) is 13.1 Å². The molecule has 0 fully saturated rings. The molecule has 0 aromatic carbocycles. The summed E-state index contributed by atoms with van der Waals surface area (Å²) in [6.45, 7) is 0.896. The number of carbonyl (C=O) groups is 1. The van der Waals surface area contributed by atoms with E-state index in [2.05, 4.69) is 10.2 Å². The van der Waals surface area contributed by atoms with Crippen molar-refractivity contribution in [3.8, 4) is 0 Å². The molecule has 2 rings (SSSR count). The second-order valence-corrected chi connectivity index (χ2v) is 3.46. The number of hydrogen-bond acceptors (Lipinski definition) is 5. The molecular formula is C10H13N5O2. The first-order chi connectivity index (χ1) is 8.24. The lowest BCUT2D eigenvalue weighted by Crippen LogP contribution is -2.17. The molecule has 2 aromatic rings. The van der Waals surface area contributed by atoms with Crippen molar-refractivity contribution in [3.63, 3.8) is 0 Å². The van der Waals surface area contributed by atoms with Gasteiger partial charge in [0, 0.05) is 18.6 Å². The molecule has 0 bridgehead atoms. The smallest absolute Gasteiger partial charge is 0.327 e. The number of anilines is 1. The van der Waals surface area contributed by atoms with Crippen LogP contribution >= 0.6 is 0 Å². The molecule has 2 aromatic heterocycles. The number of nitrogens with two attached hydrogens (primary N) is 1. The van der Waals surface area contributed by atoms with E-state index in [0.717, 1.165) is 0 Å². The van der Waals surface area contributed by atoms with Gasteiger partial charge in [-0.3, -0.25) is 14.2 Å². The van der Waals surface area contributed by atoms with Gasteiger partial charge in [-0.25, -0.2) is 0 Å². The minimum absolute atomic E-state index is 0.0658. The maximum atomic E-state index is 11.4. The van der Waals surface area contributed by atoms with Gasteiger partial charge in [0.1, 0.15) is 13.2 Å². The molecule has 7 nitrogen and oxygen atoms in total. The van der Waals surface area contributed by atoms with Gasteiger partial charge < -0.3 is 10.5 Å². The van der Waals surface area contributed by atoms with Crippen LogP contribution in [0.25, 0.3) is 0 Å². The first-order valence-corrected chi connectivity index (χ1v) is 5.15. The highest BCUT2D eigenvalue weighted by Crippen LogP contribution is 1.98. The van der Waals surface area contributed by atoms with Gasteiger partial charge in [-0.1, -0.05) is 0 Å². The molecule has 0 amide bonds. The van der Waals surface area contributed by atoms with Crippen LogP contribution in [0.3, 0.4) is 0 Å². The van der Waals surface area contributed by atoms with E-state index in [1.807, 2.05) is 12.3 Å². The van der Waals surface area contributed by atoms with E-state index in [1.165, 1.54) is 10.9 Å². The Morgan fingerprint density at radius 1 is 1.41 bits per heavy atom. The molecule has 0 aliphatic carbocycles. The summed E-state index contributed by atoms with van der Waals surface area (Å²) in [5, 5.41) is 7.88. The van der Waals surface area contributed by atoms with Crippen LogP contribution in [0.5, 0.6) is 0 Å². The number of rotatable bonds is 5. The summed E-state index contributed by atoms with van der Waals surface area (Å²) in [7, 11) is 0. The Bertz CT molecular complexity index is 477. The third-order valence-electron chi connectivity index (χ3n) is 2.09. The molecule has 0 atom stereocenters. The number of ether oxygens (including phenoxy) is 1. The standard InChI is InChI=1S/C10H13N5O2/c11-9-6-13-15(7-9)8-10(16)17-5-4-14-3-1-2-12-14/h1-3,6-7H,4-5,8,11H2. The molecule has 7 heteroatoms. The third kappa shape index (κ3) is 3.33. The summed E-state index contributed by atoms with van der Waals surface area (Å²) >= 11 is 0. The Hall–Kier alpha value is -2.31. The number of aromatic nitrogens is 4. The normalized spacial score (nSPS) is 10.4. The van der Waals surface area contributed by atoms with Crippen LogP contribution < -0.4 is 5.73 Å². The van der Waals surface area contributed by atoms with Crippen LogP contribution in [0, 0.1) is 0 Å². The highest BCUT2D eigenvalue weighted by atomic mass is 16.5. The Morgan fingerprint density at radius 2 is 2.29 bits per heavy atom. The van der Waals surface area contributed by atoms with Gasteiger partial charge in [0.25, 0.3) is 0 Å². The van der Waals surface area contributed by atoms with E-state index < -0.39 is 0 Å². The zero-order valence-electron chi connectivity index (χ0n) is 9.19. The van der Waals surface area contributed by atoms with E-state index in [0.29, 0.717) is 12.2 Å². The largest absolute Gasteiger partial charge is 0.462 e. The van der Waals surface area contributed by atoms with E-state index in [9.17, 15) is 4.79 Å². The Morgan fingerprint density at radius 3 is 2.94 bits per heavy atom. The average Bonchev–Trinajstić information content (AvgIpc) is 2.90. The Kier molecular flexibility index (Phi) is 3.39. The molecular weight excluding hydrogens is 222 g/mol. The third-order valence-corrected chi connectivity index (χ3v) is 2.09. The molecule has 2 heterocycles. The summed E-state index contributed by atoms with van der Waals surface area (Å²) in [6.07, 6.45) is 6.54. The van der Waals surface area contributed by atoms with Crippen molar-refractivity contribution in [2.24, 2.45) is 0 Å². The Labute approximate surface area is 97.8 Å². The van der Waals surface area contributed by atoms with E-state index in [1.54, 1.807) is 17.1 Å². The Balaban J connectivity index is 1.71. The zero-order chi connectivity index (χ0) is 12.1. The minimum atomic E-state index is -0.347. The molecule has 0 spiro atoms. The van der Waals surface area contributed by atoms with Crippen molar-refractivity contribution in [2.75, 3.05) is 12.3 Å². The zero-order valence-corrected chi connectivity index (χ0v) is 9.19. The van der Waals surface area contributed by atoms with Crippen molar-refractivity contribution in [3.05, 3.63) is 30.9 Å². The summed E-state index contributed by atoms with van der Waals surface area (Å²) in [6, 6.07) is 1.81. The molecule has 2 N–H and O–H groups in total. The molecule has 0 saturated heterocycles. The van der Waals surface area contributed by atoms with Gasteiger partial charge >= 0.3 is 5.97 Å². The predicted molar refractivity (Wildman–Crippen MR) is 59.8 cm³/mol. The molecule has 0 radical (unpaired) electrons. The number of carbonyl (C=O) groups excluding carboxylic acids is 1. The summed E-state index contributed by atoms with van der Waals surface area (Å²) in [4.78, 5) is 11.4. The summed E-state index contributed by atoms with van der Waals surface area (Å²) < 4.78 is 8.16. The van der Waals surface area contributed by atoms with Crippen LogP contribution in [0.1, 0.15) is 0 Å². The number of nitrogens with zero attached hydrogens (tertiary/aromatic N) is 4. The fourth-order valence-corrected chi connectivity index (χ4v) is 1.33. The lowest BCUT2D eigenvalue weighted by atomic mass is 10.6. The molecule has 17 heavy (non-hydrogen) atoms. The van der Waals surface area contributed by atoms with Crippen molar-refractivity contribution in [1.82, 2.24) is 19.6 Å². The molecule has 0 aliphatic heterocycles. The van der Waals surface area contributed by atoms with Crippen LogP contribution in [0.4, 0.5) is 5.69 Å². The molecule has 0 aliphatic rings. The summed E-state index contributed by atoms with van der Waals surface area (Å²) in [5.74, 6) is -0.347. The van der Waals surface area contributed by atoms with Gasteiger partial charge in [-0.2, -0.15) is 10.2 Å². The average molecular weight is 235 g/mol. The van der Waals surface area contributed by atoms with Gasteiger partial charge in [-0.15, -0.1) is 0 Å². The highest BCUT2D eigenvalue weighted by Gasteiger charge is 2.05. The van der Waals surface area contributed by atoms with Crippen molar-refractivity contribution in [1.29, 1.82) is 0 Å². The quantitative estimate of drug-likeness (QED) is 0.731. The van der Waals surface area contributed by atoms with E-state index in [4.69, 9.17) is 10.5 Å². The second kappa shape index (κ2) is 5.15. The lowest BCUT2D eigenvalue weighted by Gasteiger charge is -2.04.